The lowest BCUT2D eigenvalue weighted by Gasteiger charge is -2.36. The number of carbonyl (C=O) groups is 1. The van der Waals surface area contributed by atoms with Crippen molar-refractivity contribution >= 4 is 5.91 Å². The lowest BCUT2D eigenvalue weighted by molar-refractivity contribution is -0.140. The van der Waals surface area contributed by atoms with Gasteiger partial charge in [0.2, 0.25) is 5.91 Å². The second-order valence-corrected chi connectivity index (χ2v) is 4.21. The Morgan fingerprint density at radius 3 is 2.36 bits per heavy atom. The van der Waals surface area contributed by atoms with Crippen LogP contribution >= 0.6 is 0 Å². The molecule has 0 aromatic rings. The first-order chi connectivity index (χ1) is 6.40. The van der Waals surface area contributed by atoms with Gasteiger partial charge >= 0.3 is 0 Å². The molecule has 0 heterocycles. The predicted octanol–water partition coefficient (Wildman–Crippen LogP) is 0.201. The van der Waals surface area contributed by atoms with Gasteiger partial charge in [-0.25, -0.2) is 0 Å². The Labute approximate surface area is 86.1 Å². The Morgan fingerprint density at radius 1 is 1.57 bits per heavy atom. The van der Waals surface area contributed by atoms with Crippen molar-refractivity contribution in [3.05, 3.63) is 0 Å². The smallest absolute Gasteiger partial charge is 0.227 e. The number of hydrogen-bond donors (Lipinski definition) is 2. The number of carbonyl (C=O) groups excluding carboxylic acids is 1. The van der Waals surface area contributed by atoms with Crippen LogP contribution in [0.2, 0.25) is 0 Å². The number of likely N-dealkylation sites (N-methyl/N-ethyl adjacent to an activating group) is 1. The van der Waals surface area contributed by atoms with E-state index in [-0.39, 0.29) is 18.4 Å². The first kappa shape index (κ1) is 13.4. The van der Waals surface area contributed by atoms with Gasteiger partial charge in [0.15, 0.2) is 0 Å². The molecule has 1 amide bonds. The van der Waals surface area contributed by atoms with Crippen LogP contribution in [0.1, 0.15) is 27.2 Å². The molecular formula is C10H22N2O2. The molecule has 0 aliphatic carbocycles. The molecule has 3 N–H and O–H groups in total. The standard InChI is InChI=1S/C10H22N2O2/c1-5-8(6-11)9(14)12(4)10(2,3)7-13/h8,13H,5-7,11H2,1-4H3. The minimum absolute atomic E-state index is 0.00838. The average Bonchev–Trinajstić information content (AvgIpc) is 2.18. The summed E-state index contributed by atoms with van der Waals surface area (Å²) in [5.41, 5.74) is 4.98. The van der Waals surface area contributed by atoms with Crippen LogP contribution in [0.25, 0.3) is 0 Å². The lowest BCUT2D eigenvalue weighted by Crippen LogP contribution is -2.50. The maximum Gasteiger partial charge on any atom is 0.227 e. The maximum atomic E-state index is 11.8. The third kappa shape index (κ3) is 2.96. The molecule has 0 spiro atoms. The number of nitrogens with two attached hydrogens (primary N) is 1. The first-order valence-electron chi connectivity index (χ1n) is 4.99. The van der Waals surface area contributed by atoms with E-state index in [0.717, 1.165) is 6.42 Å². The zero-order valence-corrected chi connectivity index (χ0v) is 9.58. The third-order valence-corrected chi connectivity index (χ3v) is 2.75. The molecule has 0 saturated heterocycles. The monoisotopic (exact) mass is 202 g/mol. The van der Waals surface area contributed by atoms with Crippen molar-refractivity contribution in [3.8, 4) is 0 Å². The number of amides is 1. The maximum absolute atomic E-state index is 11.8. The van der Waals surface area contributed by atoms with Crippen molar-refractivity contribution in [2.75, 3.05) is 20.2 Å². The van der Waals surface area contributed by atoms with Gasteiger partial charge in [-0.3, -0.25) is 4.79 Å². The Balaban J connectivity index is 4.52. The third-order valence-electron chi connectivity index (χ3n) is 2.75. The van der Waals surface area contributed by atoms with Crippen molar-refractivity contribution in [1.82, 2.24) is 4.90 Å². The second-order valence-electron chi connectivity index (χ2n) is 4.21. The Morgan fingerprint density at radius 2 is 2.07 bits per heavy atom. The molecule has 0 aromatic heterocycles. The van der Waals surface area contributed by atoms with E-state index in [1.165, 1.54) is 0 Å². The van der Waals surface area contributed by atoms with Gasteiger partial charge in [-0.15, -0.1) is 0 Å². The highest BCUT2D eigenvalue weighted by atomic mass is 16.3. The zero-order chi connectivity index (χ0) is 11.4. The molecule has 1 atom stereocenters. The molecular weight excluding hydrogens is 180 g/mol. The highest BCUT2D eigenvalue weighted by Gasteiger charge is 2.29. The summed E-state index contributed by atoms with van der Waals surface area (Å²) >= 11 is 0. The summed E-state index contributed by atoms with van der Waals surface area (Å²) in [5.74, 6) is -0.125. The summed E-state index contributed by atoms with van der Waals surface area (Å²) in [6.07, 6.45) is 0.737. The zero-order valence-electron chi connectivity index (χ0n) is 9.58. The molecule has 0 aliphatic rings. The molecule has 0 saturated carbocycles. The molecule has 0 aliphatic heterocycles. The van der Waals surface area contributed by atoms with E-state index >= 15 is 0 Å². The van der Waals surface area contributed by atoms with Crippen molar-refractivity contribution in [3.63, 3.8) is 0 Å². The highest BCUT2D eigenvalue weighted by Crippen LogP contribution is 2.15. The van der Waals surface area contributed by atoms with E-state index in [1.54, 1.807) is 11.9 Å². The van der Waals surface area contributed by atoms with E-state index in [9.17, 15) is 4.79 Å². The van der Waals surface area contributed by atoms with Gasteiger partial charge in [0.1, 0.15) is 0 Å². The van der Waals surface area contributed by atoms with E-state index in [2.05, 4.69) is 0 Å². The van der Waals surface area contributed by atoms with Gasteiger partial charge in [-0.2, -0.15) is 0 Å². The highest BCUT2D eigenvalue weighted by molar-refractivity contribution is 5.79. The van der Waals surface area contributed by atoms with E-state index in [4.69, 9.17) is 10.8 Å². The molecule has 0 aromatic carbocycles. The van der Waals surface area contributed by atoms with Crippen molar-refractivity contribution in [2.24, 2.45) is 11.7 Å². The van der Waals surface area contributed by atoms with Crippen LogP contribution in [0.5, 0.6) is 0 Å². The minimum Gasteiger partial charge on any atom is -0.394 e. The van der Waals surface area contributed by atoms with Gasteiger partial charge in [-0.05, 0) is 20.3 Å². The summed E-state index contributed by atoms with van der Waals surface area (Å²) in [5, 5.41) is 9.12. The van der Waals surface area contributed by atoms with Gasteiger partial charge in [-0.1, -0.05) is 6.92 Å². The molecule has 4 heteroatoms. The summed E-state index contributed by atoms with van der Waals surface area (Å²) in [7, 11) is 1.71. The molecule has 1 unspecified atom stereocenters. The summed E-state index contributed by atoms with van der Waals surface area (Å²) in [6, 6.07) is 0. The van der Waals surface area contributed by atoms with Crippen LogP contribution in [0.15, 0.2) is 0 Å². The van der Waals surface area contributed by atoms with E-state index < -0.39 is 5.54 Å². The van der Waals surface area contributed by atoms with E-state index in [0.29, 0.717) is 6.54 Å². The Bertz CT molecular complexity index is 189. The fraction of sp³-hybridized carbons (Fsp3) is 0.900. The van der Waals surface area contributed by atoms with Crippen molar-refractivity contribution < 1.29 is 9.90 Å². The summed E-state index contributed by atoms with van der Waals surface area (Å²) in [4.78, 5) is 13.4. The van der Waals surface area contributed by atoms with Crippen LogP contribution in [-0.2, 0) is 4.79 Å². The van der Waals surface area contributed by atoms with Crippen molar-refractivity contribution in [2.45, 2.75) is 32.7 Å². The number of rotatable bonds is 5. The molecule has 0 bridgehead atoms. The normalized spacial score (nSPS) is 13.9. The Hall–Kier alpha value is -0.610. The van der Waals surface area contributed by atoms with E-state index in [1.807, 2.05) is 20.8 Å². The lowest BCUT2D eigenvalue weighted by atomic mass is 9.99. The number of aliphatic hydroxyl groups is 1. The number of nitrogens with zero attached hydrogens (tertiary/aromatic N) is 1. The Kier molecular flexibility index (Phi) is 5.08. The summed E-state index contributed by atoms with van der Waals surface area (Å²) in [6.45, 7) is 5.91. The minimum atomic E-state index is -0.514. The predicted molar refractivity (Wildman–Crippen MR) is 56.8 cm³/mol. The topological polar surface area (TPSA) is 66.6 Å². The van der Waals surface area contributed by atoms with Crippen LogP contribution in [0.3, 0.4) is 0 Å². The fourth-order valence-electron chi connectivity index (χ4n) is 1.12. The first-order valence-corrected chi connectivity index (χ1v) is 4.99. The van der Waals surface area contributed by atoms with Crippen LogP contribution in [0, 0.1) is 5.92 Å². The molecule has 0 radical (unpaired) electrons. The molecule has 84 valence electrons. The molecule has 0 rings (SSSR count). The van der Waals surface area contributed by atoms with Crippen LogP contribution < -0.4 is 5.73 Å². The number of hydrogen-bond acceptors (Lipinski definition) is 3. The fourth-order valence-corrected chi connectivity index (χ4v) is 1.12. The molecule has 4 nitrogen and oxygen atoms in total. The van der Waals surface area contributed by atoms with Crippen LogP contribution in [0.4, 0.5) is 0 Å². The van der Waals surface area contributed by atoms with Gasteiger partial charge < -0.3 is 15.7 Å². The quantitative estimate of drug-likeness (QED) is 0.669. The van der Waals surface area contributed by atoms with Gasteiger partial charge in [0.25, 0.3) is 0 Å². The van der Waals surface area contributed by atoms with Gasteiger partial charge in [0, 0.05) is 13.6 Å². The second kappa shape index (κ2) is 5.32. The molecule has 14 heavy (non-hydrogen) atoms. The average molecular weight is 202 g/mol. The summed E-state index contributed by atoms with van der Waals surface area (Å²) < 4.78 is 0. The number of aliphatic hydroxyl groups excluding tert-OH is 1. The van der Waals surface area contributed by atoms with Crippen molar-refractivity contribution in [1.29, 1.82) is 0 Å². The SMILES string of the molecule is CCC(CN)C(=O)N(C)C(C)(C)CO. The largest absolute Gasteiger partial charge is 0.394 e. The van der Waals surface area contributed by atoms with Crippen LogP contribution in [-0.4, -0.2) is 41.7 Å². The molecule has 0 fully saturated rings. The van der Waals surface area contributed by atoms with Gasteiger partial charge in [0.05, 0.1) is 18.1 Å².